The Morgan fingerprint density at radius 1 is 1.42 bits per heavy atom. The average Bonchev–Trinajstić information content (AvgIpc) is 2.40. The largest absolute Gasteiger partial charge is 0.496 e. The quantitative estimate of drug-likeness (QED) is 0.877. The third-order valence-corrected chi connectivity index (χ3v) is 3.88. The predicted octanol–water partition coefficient (Wildman–Crippen LogP) is 1.96. The highest BCUT2D eigenvalue weighted by Gasteiger charge is 2.27. The number of benzene rings is 1. The van der Waals surface area contributed by atoms with Crippen LogP contribution in [0.15, 0.2) is 18.2 Å². The minimum Gasteiger partial charge on any atom is -0.496 e. The van der Waals surface area contributed by atoms with E-state index in [4.69, 9.17) is 4.74 Å². The molecular formula is C15H23NO3. The first-order valence-electron chi connectivity index (χ1n) is 6.82. The van der Waals surface area contributed by atoms with Crippen LogP contribution in [0.4, 0.5) is 5.69 Å². The zero-order chi connectivity index (χ0) is 14.0. The maximum atomic E-state index is 10.0. The highest BCUT2D eigenvalue weighted by molar-refractivity contribution is 5.60. The number of methoxy groups -OCH3 is 1. The molecule has 2 N–H and O–H groups in total. The molecular weight excluding hydrogens is 242 g/mol. The predicted molar refractivity (Wildman–Crippen MR) is 75.6 cm³/mol. The van der Waals surface area contributed by atoms with Gasteiger partial charge in [0.05, 0.1) is 19.3 Å². The zero-order valence-electron chi connectivity index (χ0n) is 11.8. The molecule has 0 saturated carbocycles. The summed E-state index contributed by atoms with van der Waals surface area (Å²) < 4.78 is 5.35. The number of hydrogen-bond donors (Lipinski definition) is 2. The summed E-state index contributed by atoms with van der Waals surface area (Å²) in [5.74, 6) is 0.952. The number of aliphatic hydroxyl groups excluding tert-OH is 2. The summed E-state index contributed by atoms with van der Waals surface area (Å²) in [6, 6.07) is 5.82. The molecule has 1 aromatic rings. The third-order valence-electron chi connectivity index (χ3n) is 3.88. The number of rotatable bonds is 3. The SMILES string of the molecule is COc1cccc(N2CCC(O)C(C)C2)c1C(C)O. The molecule has 1 saturated heterocycles. The Morgan fingerprint density at radius 3 is 2.74 bits per heavy atom. The molecule has 0 bridgehead atoms. The summed E-state index contributed by atoms with van der Waals surface area (Å²) in [5, 5.41) is 19.8. The fraction of sp³-hybridized carbons (Fsp3) is 0.600. The van der Waals surface area contributed by atoms with Gasteiger partial charge in [0.25, 0.3) is 0 Å². The van der Waals surface area contributed by atoms with Crippen LogP contribution in [0.25, 0.3) is 0 Å². The Balaban J connectivity index is 2.34. The van der Waals surface area contributed by atoms with E-state index in [0.29, 0.717) is 5.75 Å². The van der Waals surface area contributed by atoms with Crippen molar-refractivity contribution in [2.24, 2.45) is 5.92 Å². The first kappa shape index (κ1) is 14.2. The standard InChI is InChI=1S/C15H23NO3/c1-10-9-16(8-7-13(10)18)12-5-4-6-14(19-3)15(12)11(2)17/h4-6,10-11,13,17-18H,7-9H2,1-3H3. The van der Waals surface area contributed by atoms with Gasteiger partial charge in [-0.25, -0.2) is 0 Å². The van der Waals surface area contributed by atoms with Gasteiger partial charge in [-0.1, -0.05) is 13.0 Å². The second-order valence-corrected chi connectivity index (χ2v) is 5.35. The Kier molecular flexibility index (Phi) is 4.32. The smallest absolute Gasteiger partial charge is 0.126 e. The van der Waals surface area contributed by atoms with Crippen molar-refractivity contribution in [2.45, 2.75) is 32.5 Å². The van der Waals surface area contributed by atoms with E-state index < -0.39 is 6.10 Å². The molecule has 1 fully saturated rings. The van der Waals surface area contributed by atoms with Crippen LogP contribution in [0.3, 0.4) is 0 Å². The number of aliphatic hydroxyl groups is 2. The second-order valence-electron chi connectivity index (χ2n) is 5.35. The van der Waals surface area contributed by atoms with Crippen molar-refractivity contribution in [2.75, 3.05) is 25.1 Å². The minimum atomic E-state index is -0.576. The summed E-state index contributed by atoms with van der Waals surface area (Å²) in [7, 11) is 1.62. The highest BCUT2D eigenvalue weighted by Crippen LogP contribution is 2.36. The molecule has 3 unspecified atom stereocenters. The molecule has 0 radical (unpaired) electrons. The van der Waals surface area contributed by atoms with Gasteiger partial charge in [0, 0.05) is 24.3 Å². The molecule has 0 amide bonds. The van der Waals surface area contributed by atoms with Crippen molar-refractivity contribution in [1.82, 2.24) is 0 Å². The number of hydrogen-bond acceptors (Lipinski definition) is 4. The van der Waals surface area contributed by atoms with E-state index in [1.807, 2.05) is 18.2 Å². The van der Waals surface area contributed by atoms with Crippen LogP contribution < -0.4 is 9.64 Å². The number of ether oxygens (including phenoxy) is 1. The average molecular weight is 265 g/mol. The lowest BCUT2D eigenvalue weighted by atomic mass is 9.95. The van der Waals surface area contributed by atoms with Gasteiger partial charge >= 0.3 is 0 Å². The number of nitrogens with zero attached hydrogens (tertiary/aromatic N) is 1. The van der Waals surface area contributed by atoms with Crippen LogP contribution in [-0.4, -0.2) is 36.5 Å². The molecule has 0 aliphatic carbocycles. The molecule has 0 aromatic heterocycles. The second kappa shape index (κ2) is 5.80. The maximum absolute atomic E-state index is 10.0. The van der Waals surface area contributed by atoms with Gasteiger partial charge in [0.15, 0.2) is 0 Å². The lowest BCUT2D eigenvalue weighted by Crippen LogP contribution is -2.42. The van der Waals surface area contributed by atoms with E-state index in [0.717, 1.165) is 30.8 Å². The molecule has 1 aliphatic heterocycles. The van der Waals surface area contributed by atoms with Crippen LogP contribution in [0.5, 0.6) is 5.75 Å². The molecule has 4 heteroatoms. The van der Waals surface area contributed by atoms with Crippen molar-refractivity contribution >= 4 is 5.69 Å². The van der Waals surface area contributed by atoms with E-state index in [1.165, 1.54) is 0 Å². The lowest BCUT2D eigenvalue weighted by molar-refractivity contribution is 0.0968. The summed E-state index contributed by atoms with van der Waals surface area (Å²) in [6.07, 6.45) is -0.0392. The normalized spacial score (nSPS) is 25.2. The monoisotopic (exact) mass is 265 g/mol. The van der Waals surface area contributed by atoms with Gasteiger partial charge in [-0.15, -0.1) is 0 Å². The number of piperidine rings is 1. The maximum Gasteiger partial charge on any atom is 0.126 e. The first-order valence-corrected chi connectivity index (χ1v) is 6.82. The van der Waals surface area contributed by atoms with Gasteiger partial charge < -0.3 is 19.8 Å². The van der Waals surface area contributed by atoms with Crippen molar-refractivity contribution in [1.29, 1.82) is 0 Å². The molecule has 0 spiro atoms. The lowest BCUT2D eigenvalue weighted by Gasteiger charge is -2.37. The van der Waals surface area contributed by atoms with Gasteiger partial charge in [-0.05, 0) is 31.4 Å². The van der Waals surface area contributed by atoms with E-state index in [2.05, 4.69) is 11.8 Å². The van der Waals surface area contributed by atoms with Crippen LogP contribution in [0.2, 0.25) is 0 Å². The first-order chi connectivity index (χ1) is 9.04. The van der Waals surface area contributed by atoms with Crippen molar-refractivity contribution in [3.05, 3.63) is 23.8 Å². The Hall–Kier alpha value is -1.26. The van der Waals surface area contributed by atoms with Crippen LogP contribution >= 0.6 is 0 Å². The molecule has 4 nitrogen and oxygen atoms in total. The van der Waals surface area contributed by atoms with E-state index in [-0.39, 0.29) is 12.0 Å². The Labute approximate surface area is 114 Å². The van der Waals surface area contributed by atoms with E-state index in [9.17, 15) is 10.2 Å². The summed E-state index contributed by atoms with van der Waals surface area (Å²) in [5.41, 5.74) is 1.83. The fourth-order valence-corrected chi connectivity index (χ4v) is 2.76. The van der Waals surface area contributed by atoms with E-state index >= 15 is 0 Å². The molecule has 3 atom stereocenters. The summed E-state index contributed by atoms with van der Waals surface area (Å²) in [4.78, 5) is 2.22. The van der Waals surface area contributed by atoms with Crippen LogP contribution in [0.1, 0.15) is 31.9 Å². The van der Waals surface area contributed by atoms with Gasteiger partial charge in [-0.3, -0.25) is 0 Å². The van der Waals surface area contributed by atoms with E-state index in [1.54, 1.807) is 14.0 Å². The fourth-order valence-electron chi connectivity index (χ4n) is 2.76. The summed E-state index contributed by atoms with van der Waals surface area (Å²) >= 11 is 0. The van der Waals surface area contributed by atoms with Gasteiger partial charge in [0.2, 0.25) is 0 Å². The topological polar surface area (TPSA) is 52.9 Å². The molecule has 1 aromatic carbocycles. The van der Waals surface area contributed by atoms with Crippen LogP contribution in [0, 0.1) is 5.92 Å². The molecule has 2 rings (SSSR count). The minimum absolute atomic E-state index is 0.225. The highest BCUT2D eigenvalue weighted by atomic mass is 16.5. The van der Waals surface area contributed by atoms with Crippen molar-refractivity contribution < 1.29 is 14.9 Å². The molecule has 106 valence electrons. The zero-order valence-corrected chi connectivity index (χ0v) is 11.8. The molecule has 1 aliphatic rings. The summed E-state index contributed by atoms with van der Waals surface area (Å²) in [6.45, 7) is 5.41. The van der Waals surface area contributed by atoms with Gasteiger partial charge in [0.1, 0.15) is 5.75 Å². The molecule has 19 heavy (non-hydrogen) atoms. The Bertz CT molecular complexity index is 433. The third kappa shape index (κ3) is 2.85. The van der Waals surface area contributed by atoms with Crippen molar-refractivity contribution in [3.8, 4) is 5.75 Å². The Morgan fingerprint density at radius 2 is 2.16 bits per heavy atom. The van der Waals surface area contributed by atoms with Crippen molar-refractivity contribution in [3.63, 3.8) is 0 Å². The van der Waals surface area contributed by atoms with Gasteiger partial charge in [-0.2, -0.15) is 0 Å². The van der Waals surface area contributed by atoms with Crippen LogP contribution in [-0.2, 0) is 0 Å². The number of anilines is 1. The molecule has 1 heterocycles.